The van der Waals surface area contributed by atoms with Gasteiger partial charge in [0.05, 0.1) is 4.90 Å². The van der Waals surface area contributed by atoms with Gasteiger partial charge in [-0.1, -0.05) is 24.3 Å². The van der Waals surface area contributed by atoms with E-state index in [1.807, 2.05) is 6.07 Å². The second kappa shape index (κ2) is 6.55. The standard InChI is InChI=1S/C14H15N3O2S2/c1-15-14(20)16-12-8-5-9-13(10-12)21(18,19)17-11-6-3-2-4-7-11/h2-10,17H,1H3,(H2,15,16,20). The van der Waals surface area contributed by atoms with Crippen LogP contribution in [0.15, 0.2) is 59.5 Å². The van der Waals surface area contributed by atoms with Crippen LogP contribution >= 0.6 is 12.2 Å². The van der Waals surface area contributed by atoms with Crippen molar-refractivity contribution in [2.75, 3.05) is 17.1 Å². The van der Waals surface area contributed by atoms with Gasteiger partial charge in [0.25, 0.3) is 10.0 Å². The van der Waals surface area contributed by atoms with E-state index in [9.17, 15) is 8.42 Å². The molecule has 0 unspecified atom stereocenters. The second-order valence-electron chi connectivity index (χ2n) is 4.20. The summed E-state index contributed by atoms with van der Waals surface area (Å²) in [4.78, 5) is 0.162. The Balaban J connectivity index is 2.24. The summed E-state index contributed by atoms with van der Waals surface area (Å²) in [7, 11) is -1.94. The maximum Gasteiger partial charge on any atom is 0.261 e. The quantitative estimate of drug-likeness (QED) is 0.755. The van der Waals surface area contributed by atoms with E-state index in [2.05, 4.69) is 15.4 Å². The number of rotatable bonds is 4. The van der Waals surface area contributed by atoms with Gasteiger partial charge < -0.3 is 10.6 Å². The number of para-hydroxylation sites is 1. The SMILES string of the molecule is CNC(=S)Nc1cccc(S(=O)(=O)Nc2ccccc2)c1. The molecule has 0 aromatic heterocycles. The van der Waals surface area contributed by atoms with Crippen LogP contribution in [0.4, 0.5) is 11.4 Å². The monoisotopic (exact) mass is 321 g/mol. The van der Waals surface area contributed by atoms with Crippen molar-refractivity contribution in [3.05, 3.63) is 54.6 Å². The summed E-state index contributed by atoms with van der Waals surface area (Å²) in [5, 5.41) is 6.08. The van der Waals surface area contributed by atoms with Crippen LogP contribution in [0, 0.1) is 0 Å². The largest absolute Gasteiger partial charge is 0.366 e. The van der Waals surface area contributed by atoms with Gasteiger partial charge in [0.2, 0.25) is 0 Å². The van der Waals surface area contributed by atoms with Gasteiger partial charge in [-0.3, -0.25) is 4.72 Å². The van der Waals surface area contributed by atoms with E-state index >= 15 is 0 Å². The lowest BCUT2D eigenvalue weighted by Gasteiger charge is -2.11. The Hall–Kier alpha value is -2.12. The zero-order valence-corrected chi connectivity index (χ0v) is 13.0. The van der Waals surface area contributed by atoms with Crippen molar-refractivity contribution >= 4 is 38.7 Å². The molecule has 0 atom stereocenters. The molecule has 0 spiro atoms. The Morgan fingerprint density at radius 3 is 2.33 bits per heavy atom. The Bertz CT molecular complexity index is 731. The Labute approximate surface area is 129 Å². The van der Waals surface area contributed by atoms with Gasteiger partial charge in [0.1, 0.15) is 0 Å². The number of anilines is 2. The van der Waals surface area contributed by atoms with E-state index < -0.39 is 10.0 Å². The molecule has 3 N–H and O–H groups in total. The fraction of sp³-hybridized carbons (Fsp3) is 0.0714. The molecule has 0 saturated carbocycles. The minimum atomic E-state index is -3.63. The van der Waals surface area contributed by atoms with Gasteiger partial charge in [-0.05, 0) is 42.5 Å². The third kappa shape index (κ3) is 4.17. The molecule has 0 aliphatic rings. The van der Waals surface area contributed by atoms with E-state index in [0.29, 0.717) is 16.5 Å². The predicted octanol–water partition coefficient (Wildman–Crippen LogP) is 2.40. The molecule has 2 aromatic carbocycles. The summed E-state index contributed by atoms with van der Waals surface area (Å²) in [5.74, 6) is 0. The maximum atomic E-state index is 12.3. The molecule has 21 heavy (non-hydrogen) atoms. The smallest absolute Gasteiger partial charge is 0.261 e. The van der Waals surface area contributed by atoms with Crippen molar-refractivity contribution in [3.63, 3.8) is 0 Å². The molecule has 7 heteroatoms. The lowest BCUT2D eigenvalue weighted by atomic mass is 10.3. The maximum absolute atomic E-state index is 12.3. The van der Waals surface area contributed by atoms with Gasteiger partial charge in [-0.2, -0.15) is 0 Å². The zero-order valence-electron chi connectivity index (χ0n) is 11.3. The van der Waals surface area contributed by atoms with Gasteiger partial charge >= 0.3 is 0 Å². The minimum absolute atomic E-state index is 0.162. The van der Waals surface area contributed by atoms with Crippen LogP contribution in [0.3, 0.4) is 0 Å². The van der Waals surface area contributed by atoms with E-state index in [-0.39, 0.29) is 4.90 Å². The van der Waals surface area contributed by atoms with E-state index in [1.165, 1.54) is 12.1 Å². The molecule has 0 fully saturated rings. The van der Waals surface area contributed by atoms with E-state index in [0.717, 1.165) is 0 Å². The highest BCUT2D eigenvalue weighted by molar-refractivity contribution is 7.92. The van der Waals surface area contributed by atoms with Crippen molar-refractivity contribution in [1.82, 2.24) is 5.32 Å². The molecule has 110 valence electrons. The molecule has 0 radical (unpaired) electrons. The normalized spacial score (nSPS) is 10.7. The summed E-state index contributed by atoms with van der Waals surface area (Å²) >= 11 is 4.99. The van der Waals surface area contributed by atoms with Gasteiger partial charge in [0.15, 0.2) is 5.11 Å². The fourth-order valence-corrected chi connectivity index (χ4v) is 2.88. The first-order chi connectivity index (χ1) is 10.0. The fourth-order valence-electron chi connectivity index (χ4n) is 1.65. The van der Waals surface area contributed by atoms with Crippen molar-refractivity contribution in [2.24, 2.45) is 0 Å². The van der Waals surface area contributed by atoms with E-state index in [1.54, 1.807) is 43.4 Å². The molecule has 0 heterocycles. The third-order valence-corrected chi connectivity index (χ3v) is 4.34. The molecular formula is C14H15N3O2S2. The summed E-state index contributed by atoms with van der Waals surface area (Å²) in [6.45, 7) is 0. The average molecular weight is 321 g/mol. The number of benzene rings is 2. The van der Waals surface area contributed by atoms with Crippen LogP contribution in [-0.4, -0.2) is 20.6 Å². The summed E-state index contributed by atoms with van der Waals surface area (Å²) in [6.07, 6.45) is 0. The first-order valence-electron chi connectivity index (χ1n) is 6.18. The first kappa shape index (κ1) is 15.3. The van der Waals surface area contributed by atoms with Crippen LogP contribution in [0.25, 0.3) is 0 Å². The molecule has 0 saturated heterocycles. The van der Waals surface area contributed by atoms with Crippen molar-refractivity contribution in [2.45, 2.75) is 4.90 Å². The van der Waals surface area contributed by atoms with Crippen LogP contribution < -0.4 is 15.4 Å². The number of hydrogen-bond acceptors (Lipinski definition) is 3. The number of thiocarbonyl (C=S) groups is 1. The molecular weight excluding hydrogens is 306 g/mol. The van der Waals surface area contributed by atoms with Gasteiger partial charge in [-0.15, -0.1) is 0 Å². The molecule has 2 aromatic rings. The molecule has 0 bridgehead atoms. The summed E-state index contributed by atoms with van der Waals surface area (Å²) in [5.41, 5.74) is 1.12. The Morgan fingerprint density at radius 2 is 1.67 bits per heavy atom. The lowest BCUT2D eigenvalue weighted by Crippen LogP contribution is -2.24. The minimum Gasteiger partial charge on any atom is -0.366 e. The number of nitrogens with one attached hydrogen (secondary N) is 3. The summed E-state index contributed by atoms with van der Waals surface area (Å²) in [6, 6.07) is 15.2. The highest BCUT2D eigenvalue weighted by Crippen LogP contribution is 2.19. The number of sulfonamides is 1. The average Bonchev–Trinajstić information content (AvgIpc) is 2.48. The Kier molecular flexibility index (Phi) is 4.77. The highest BCUT2D eigenvalue weighted by Gasteiger charge is 2.14. The van der Waals surface area contributed by atoms with Crippen LogP contribution in [0.2, 0.25) is 0 Å². The van der Waals surface area contributed by atoms with Crippen LogP contribution in [-0.2, 0) is 10.0 Å². The predicted molar refractivity (Wildman–Crippen MR) is 89.0 cm³/mol. The van der Waals surface area contributed by atoms with Crippen molar-refractivity contribution < 1.29 is 8.42 Å². The topological polar surface area (TPSA) is 70.2 Å². The second-order valence-corrected chi connectivity index (χ2v) is 6.29. The van der Waals surface area contributed by atoms with Crippen molar-refractivity contribution in [3.8, 4) is 0 Å². The molecule has 0 aliphatic heterocycles. The van der Waals surface area contributed by atoms with Gasteiger partial charge in [-0.25, -0.2) is 8.42 Å². The highest BCUT2D eigenvalue weighted by atomic mass is 32.2. The van der Waals surface area contributed by atoms with Crippen molar-refractivity contribution in [1.29, 1.82) is 0 Å². The van der Waals surface area contributed by atoms with Crippen LogP contribution in [0.1, 0.15) is 0 Å². The number of hydrogen-bond donors (Lipinski definition) is 3. The van der Waals surface area contributed by atoms with Gasteiger partial charge in [0, 0.05) is 18.4 Å². The molecule has 2 rings (SSSR count). The molecule has 0 amide bonds. The third-order valence-electron chi connectivity index (χ3n) is 2.66. The van der Waals surface area contributed by atoms with E-state index in [4.69, 9.17) is 12.2 Å². The molecule has 5 nitrogen and oxygen atoms in total. The first-order valence-corrected chi connectivity index (χ1v) is 8.07. The molecule has 0 aliphatic carbocycles. The summed E-state index contributed by atoms with van der Waals surface area (Å²) < 4.78 is 27.2. The Morgan fingerprint density at radius 1 is 1.00 bits per heavy atom. The lowest BCUT2D eigenvalue weighted by molar-refractivity contribution is 0.601. The zero-order chi connectivity index (χ0) is 15.3. The van der Waals surface area contributed by atoms with Crippen LogP contribution in [0.5, 0.6) is 0 Å².